The zero-order valence-corrected chi connectivity index (χ0v) is 10.9. The smallest absolute Gasteiger partial charge is 0.152 e. The van der Waals surface area contributed by atoms with Crippen LogP contribution in [0.15, 0.2) is 30.5 Å². The molecule has 1 aliphatic rings. The lowest BCUT2D eigenvalue weighted by Gasteiger charge is -2.27. The zero-order valence-electron chi connectivity index (χ0n) is 10.9. The van der Waals surface area contributed by atoms with Gasteiger partial charge in [0.2, 0.25) is 0 Å². The van der Waals surface area contributed by atoms with E-state index in [1.54, 1.807) is 13.3 Å². The van der Waals surface area contributed by atoms with Crippen LogP contribution in [0.4, 0.5) is 5.82 Å². The van der Waals surface area contributed by atoms with Crippen LogP contribution in [-0.2, 0) is 4.79 Å². The highest BCUT2D eigenvalue weighted by molar-refractivity contribution is 5.95. The Bertz CT molecular complexity index is 625. The molecule has 19 heavy (non-hydrogen) atoms. The maximum Gasteiger partial charge on any atom is 0.152 e. The predicted octanol–water partition coefficient (Wildman–Crippen LogP) is 2.41. The van der Waals surface area contributed by atoms with Crippen LogP contribution in [0.25, 0.3) is 10.8 Å². The summed E-state index contributed by atoms with van der Waals surface area (Å²) in [7, 11) is 1.65. The number of hydrogen-bond donors (Lipinski definition) is 0. The van der Waals surface area contributed by atoms with Crippen LogP contribution in [0, 0.1) is 0 Å². The summed E-state index contributed by atoms with van der Waals surface area (Å²) in [5, 5.41) is 2.15. The third-order valence-electron chi connectivity index (χ3n) is 3.50. The first-order valence-electron chi connectivity index (χ1n) is 6.47. The molecule has 0 N–H and O–H groups in total. The Morgan fingerprint density at radius 3 is 3.00 bits per heavy atom. The number of methoxy groups -OCH3 is 1. The summed E-state index contributed by atoms with van der Waals surface area (Å²) in [4.78, 5) is 18.1. The molecule has 1 aromatic heterocycles. The first kappa shape index (κ1) is 12.0. The summed E-state index contributed by atoms with van der Waals surface area (Å²) in [6.45, 7) is 1.35. The molecule has 4 nitrogen and oxygen atoms in total. The summed E-state index contributed by atoms with van der Waals surface area (Å²) < 4.78 is 5.27. The molecule has 1 aromatic carbocycles. The van der Waals surface area contributed by atoms with E-state index in [-0.39, 0.29) is 5.78 Å². The highest BCUT2D eigenvalue weighted by Gasteiger charge is 2.19. The largest absolute Gasteiger partial charge is 0.497 e. The van der Waals surface area contributed by atoms with Crippen molar-refractivity contribution in [2.24, 2.45) is 0 Å². The molecule has 0 radical (unpaired) electrons. The molecule has 4 heteroatoms. The Hall–Kier alpha value is -2.10. The van der Waals surface area contributed by atoms with Gasteiger partial charge >= 0.3 is 0 Å². The van der Waals surface area contributed by atoms with Gasteiger partial charge in [-0.25, -0.2) is 4.98 Å². The second-order valence-corrected chi connectivity index (χ2v) is 4.79. The molecule has 0 atom stereocenters. The Kier molecular flexibility index (Phi) is 3.07. The number of piperidine rings is 1. The Labute approximate surface area is 112 Å². The number of hydrogen-bond acceptors (Lipinski definition) is 4. The van der Waals surface area contributed by atoms with Gasteiger partial charge in [-0.3, -0.25) is 4.79 Å². The molecule has 1 fully saturated rings. The van der Waals surface area contributed by atoms with Crippen LogP contribution in [0.2, 0.25) is 0 Å². The van der Waals surface area contributed by atoms with E-state index in [9.17, 15) is 4.79 Å². The van der Waals surface area contributed by atoms with Crippen molar-refractivity contribution in [2.75, 3.05) is 25.1 Å². The Morgan fingerprint density at radius 2 is 2.21 bits per heavy atom. The summed E-state index contributed by atoms with van der Waals surface area (Å²) in [6.07, 6.45) is 3.38. The molecular formula is C15H16N2O2. The zero-order chi connectivity index (χ0) is 13.2. The maximum absolute atomic E-state index is 11.6. The molecular weight excluding hydrogens is 240 g/mol. The van der Waals surface area contributed by atoms with E-state index in [2.05, 4.69) is 9.88 Å². The first-order valence-corrected chi connectivity index (χ1v) is 6.47. The van der Waals surface area contributed by atoms with Crippen molar-refractivity contribution in [3.63, 3.8) is 0 Å². The Balaban J connectivity index is 2.08. The number of carbonyl (C=O) groups is 1. The highest BCUT2D eigenvalue weighted by atomic mass is 16.5. The SMILES string of the molecule is COc1ccc2ccnc(N3CCCC(=O)C3)c2c1. The second kappa shape index (κ2) is 4.88. The van der Waals surface area contributed by atoms with Crippen molar-refractivity contribution >= 4 is 22.4 Å². The lowest BCUT2D eigenvalue weighted by atomic mass is 10.1. The van der Waals surface area contributed by atoms with Crippen molar-refractivity contribution in [1.29, 1.82) is 0 Å². The average molecular weight is 256 g/mol. The number of Topliss-reactive ketones (excluding diaryl/α,β-unsaturated/α-hetero) is 1. The highest BCUT2D eigenvalue weighted by Crippen LogP contribution is 2.29. The molecule has 0 unspecified atom stereocenters. The molecule has 0 bridgehead atoms. The van der Waals surface area contributed by atoms with Gasteiger partial charge in [0.05, 0.1) is 13.7 Å². The lowest BCUT2D eigenvalue weighted by Crippen LogP contribution is -2.36. The van der Waals surface area contributed by atoms with Gasteiger partial charge in [0.1, 0.15) is 11.6 Å². The van der Waals surface area contributed by atoms with Crippen molar-refractivity contribution in [3.8, 4) is 5.75 Å². The fourth-order valence-electron chi connectivity index (χ4n) is 2.53. The first-order chi connectivity index (χ1) is 9.28. The number of ketones is 1. The van der Waals surface area contributed by atoms with E-state index in [0.29, 0.717) is 13.0 Å². The molecule has 1 saturated heterocycles. The van der Waals surface area contributed by atoms with E-state index in [1.165, 1.54) is 0 Å². The second-order valence-electron chi connectivity index (χ2n) is 4.79. The molecule has 98 valence electrons. The molecule has 3 rings (SSSR count). The molecule has 0 spiro atoms. The standard InChI is InChI=1S/C15H16N2O2/c1-19-13-5-4-11-6-7-16-15(14(11)9-13)17-8-2-3-12(18)10-17/h4-7,9H,2-3,8,10H2,1H3. The van der Waals surface area contributed by atoms with Crippen LogP contribution < -0.4 is 9.64 Å². The fraction of sp³-hybridized carbons (Fsp3) is 0.333. The maximum atomic E-state index is 11.6. The van der Waals surface area contributed by atoms with Crippen molar-refractivity contribution in [2.45, 2.75) is 12.8 Å². The summed E-state index contributed by atoms with van der Waals surface area (Å²) in [5.74, 6) is 1.97. The van der Waals surface area contributed by atoms with Crippen LogP contribution in [-0.4, -0.2) is 31.0 Å². The number of anilines is 1. The molecule has 2 aromatic rings. The number of rotatable bonds is 2. The number of fused-ring (bicyclic) bond motifs is 1. The van der Waals surface area contributed by atoms with Crippen LogP contribution in [0.1, 0.15) is 12.8 Å². The summed E-state index contributed by atoms with van der Waals surface area (Å²) in [5.41, 5.74) is 0. The van der Waals surface area contributed by atoms with E-state index < -0.39 is 0 Å². The van der Waals surface area contributed by atoms with Crippen LogP contribution in [0.5, 0.6) is 5.75 Å². The van der Waals surface area contributed by atoms with E-state index in [0.717, 1.165) is 35.3 Å². The van der Waals surface area contributed by atoms with Gasteiger partial charge in [0.25, 0.3) is 0 Å². The fourth-order valence-corrected chi connectivity index (χ4v) is 2.53. The predicted molar refractivity (Wildman–Crippen MR) is 74.7 cm³/mol. The van der Waals surface area contributed by atoms with E-state index >= 15 is 0 Å². The number of aromatic nitrogens is 1. The topological polar surface area (TPSA) is 42.4 Å². The van der Waals surface area contributed by atoms with Crippen LogP contribution >= 0.6 is 0 Å². The van der Waals surface area contributed by atoms with Gasteiger partial charge in [0.15, 0.2) is 5.78 Å². The number of ether oxygens (including phenoxy) is 1. The Morgan fingerprint density at radius 1 is 1.32 bits per heavy atom. The van der Waals surface area contributed by atoms with Crippen molar-refractivity contribution < 1.29 is 9.53 Å². The number of carbonyl (C=O) groups excluding carboxylic acids is 1. The third-order valence-corrected chi connectivity index (χ3v) is 3.50. The van der Waals surface area contributed by atoms with Gasteiger partial charge < -0.3 is 9.64 Å². The van der Waals surface area contributed by atoms with Crippen LogP contribution in [0.3, 0.4) is 0 Å². The number of benzene rings is 1. The minimum absolute atomic E-state index is 0.285. The van der Waals surface area contributed by atoms with E-state index in [4.69, 9.17) is 4.74 Å². The normalized spacial score (nSPS) is 15.8. The minimum atomic E-state index is 0.285. The monoisotopic (exact) mass is 256 g/mol. The molecule has 0 saturated carbocycles. The summed E-state index contributed by atoms with van der Waals surface area (Å²) in [6, 6.07) is 7.92. The van der Waals surface area contributed by atoms with Gasteiger partial charge in [-0.15, -0.1) is 0 Å². The molecule has 1 aliphatic heterocycles. The minimum Gasteiger partial charge on any atom is -0.497 e. The summed E-state index contributed by atoms with van der Waals surface area (Å²) >= 11 is 0. The van der Waals surface area contributed by atoms with Crippen molar-refractivity contribution in [1.82, 2.24) is 4.98 Å². The average Bonchev–Trinajstić information content (AvgIpc) is 2.46. The van der Waals surface area contributed by atoms with Gasteiger partial charge in [-0.05, 0) is 30.0 Å². The quantitative estimate of drug-likeness (QED) is 0.827. The third kappa shape index (κ3) is 2.26. The molecule has 0 amide bonds. The van der Waals surface area contributed by atoms with E-state index in [1.807, 2.05) is 24.3 Å². The number of pyridine rings is 1. The van der Waals surface area contributed by atoms with Gasteiger partial charge in [-0.2, -0.15) is 0 Å². The molecule has 2 heterocycles. The van der Waals surface area contributed by atoms with Gasteiger partial charge in [0, 0.05) is 24.5 Å². The van der Waals surface area contributed by atoms with Gasteiger partial charge in [-0.1, -0.05) is 6.07 Å². The van der Waals surface area contributed by atoms with Crippen molar-refractivity contribution in [3.05, 3.63) is 30.5 Å². The molecule has 0 aliphatic carbocycles. The number of nitrogens with zero attached hydrogens (tertiary/aromatic N) is 2. The lowest BCUT2D eigenvalue weighted by molar-refractivity contribution is -0.118.